The molecule has 2 aromatic rings. The zero-order chi connectivity index (χ0) is 28.9. The maximum atomic E-state index is 14.1. The van der Waals surface area contributed by atoms with Crippen LogP contribution in [0, 0.1) is 10.1 Å². The largest absolute Gasteiger partial charge is 0.450 e. The van der Waals surface area contributed by atoms with Crippen molar-refractivity contribution in [3.63, 3.8) is 0 Å². The molecule has 10 nitrogen and oxygen atoms in total. The van der Waals surface area contributed by atoms with E-state index in [0.29, 0.717) is 26.2 Å². The Labute approximate surface area is 224 Å². The minimum atomic E-state index is -5.01. The van der Waals surface area contributed by atoms with Crippen LogP contribution in [0.5, 0.6) is 11.5 Å². The average Bonchev–Trinajstić information content (AvgIpc) is 3.79. The zero-order valence-corrected chi connectivity index (χ0v) is 21.7. The number of nitro benzene ring substituents is 1. The normalized spacial score (nSPS) is 20.2. The zero-order valence-electron chi connectivity index (χ0n) is 20.9. The number of halogens is 5. The highest BCUT2D eigenvalue weighted by Crippen LogP contribution is 2.64. The van der Waals surface area contributed by atoms with Gasteiger partial charge in [-0.3, -0.25) is 24.0 Å². The van der Waals surface area contributed by atoms with Crippen molar-refractivity contribution in [2.75, 3.05) is 39.3 Å². The van der Waals surface area contributed by atoms with E-state index in [1.54, 1.807) is 0 Å². The fraction of sp³-hybridized carbons (Fsp3) is 0.458. The average molecular weight is 590 g/mol. The molecule has 1 atom stereocenters. The molecule has 0 radical (unpaired) electrons. The maximum Gasteiger partial charge on any atom is 0.419 e. The highest BCUT2D eigenvalue weighted by atomic mass is 31.2. The van der Waals surface area contributed by atoms with Crippen molar-refractivity contribution < 1.29 is 45.5 Å². The summed E-state index contributed by atoms with van der Waals surface area (Å²) in [5.41, 5.74) is -1.16. The lowest BCUT2D eigenvalue weighted by Crippen LogP contribution is -2.42. The second kappa shape index (κ2) is 10.4. The van der Waals surface area contributed by atoms with E-state index in [1.807, 2.05) is 0 Å². The van der Waals surface area contributed by atoms with Gasteiger partial charge in [-0.05, 0) is 35.9 Å². The number of hydrogen-bond acceptors (Lipinski definition) is 6. The number of piperidine rings is 1. The topological polar surface area (TPSA) is 105 Å². The number of amides is 1. The lowest BCUT2D eigenvalue weighted by Gasteiger charge is -2.31. The Morgan fingerprint density at radius 3 is 2.17 bits per heavy atom. The molecule has 0 saturated carbocycles. The molecule has 0 N–H and O–H groups in total. The minimum Gasteiger partial charge on any atom is -0.450 e. The number of nitro groups is 1. The summed E-state index contributed by atoms with van der Waals surface area (Å²) in [5.74, 6) is -4.08. The van der Waals surface area contributed by atoms with Crippen molar-refractivity contribution in [3.05, 3.63) is 63.7 Å². The molecule has 0 bridgehead atoms. The molecule has 2 aromatic carbocycles. The van der Waals surface area contributed by atoms with Gasteiger partial charge in [0, 0.05) is 63.7 Å². The second-order valence-corrected chi connectivity index (χ2v) is 12.0. The van der Waals surface area contributed by atoms with Gasteiger partial charge >= 0.3 is 19.5 Å². The quantitative estimate of drug-likeness (QED) is 0.122. The van der Waals surface area contributed by atoms with Crippen LogP contribution >= 0.6 is 7.67 Å². The van der Waals surface area contributed by atoms with Gasteiger partial charge in [-0.15, -0.1) is 0 Å². The molecule has 16 heteroatoms. The highest BCUT2D eigenvalue weighted by molar-refractivity contribution is 7.54. The Bertz CT molecular complexity index is 1340. The molecule has 0 aromatic heterocycles. The molecule has 0 aliphatic carbocycles. The Hall–Kier alpha value is -3.13. The van der Waals surface area contributed by atoms with E-state index in [9.17, 15) is 41.4 Å². The molecule has 5 rings (SSSR count). The van der Waals surface area contributed by atoms with E-state index in [1.165, 1.54) is 38.5 Å². The van der Waals surface area contributed by atoms with E-state index < -0.39 is 66.5 Å². The van der Waals surface area contributed by atoms with Gasteiger partial charge < -0.3 is 9.64 Å². The van der Waals surface area contributed by atoms with Gasteiger partial charge in [-0.2, -0.15) is 13.2 Å². The molecule has 3 fully saturated rings. The van der Waals surface area contributed by atoms with Crippen molar-refractivity contribution in [1.82, 2.24) is 14.2 Å². The number of nitrogens with zero attached hydrogens (tertiary/aromatic N) is 4. The minimum absolute atomic E-state index is 0.0518. The second-order valence-electron chi connectivity index (χ2n) is 9.69. The van der Waals surface area contributed by atoms with E-state index >= 15 is 0 Å². The molecular weight excluding hydrogens is 566 g/mol. The number of rotatable bonds is 9. The summed E-state index contributed by atoms with van der Waals surface area (Å²) >= 11 is 0. The van der Waals surface area contributed by atoms with Crippen molar-refractivity contribution in [1.29, 1.82) is 0 Å². The van der Waals surface area contributed by atoms with Crippen molar-refractivity contribution >= 4 is 19.3 Å². The molecular formula is C24H24F5N4O6P. The van der Waals surface area contributed by atoms with Gasteiger partial charge in [-0.25, -0.2) is 18.1 Å². The first-order valence-corrected chi connectivity index (χ1v) is 13.9. The summed E-state index contributed by atoms with van der Waals surface area (Å²) < 4.78 is 96.1. The maximum absolute atomic E-state index is 14.1. The van der Waals surface area contributed by atoms with Crippen LogP contribution in [0.25, 0.3) is 0 Å². The van der Waals surface area contributed by atoms with Gasteiger partial charge in [-0.1, -0.05) is 6.07 Å². The van der Waals surface area contributed by atoms with Crippen LogP contribution in [0.2, 0.25) is 0 Å². The van der Waals surface area contributed by atoms with Gasteiger partial charge in [0.25, 0.3) is 11.8 Å². The lowest BCUT2D eigenvalue weighted by molar-refractivity contribution is -0.385. The lowest BCUT2D eigenvalue weighted by atomic mass is 10.1. The van der Waals surface area contributed by atoms with E-state index in [2.05, 4.69) is 0 Å². The summed E-state index contributed by atoms with van der Waals surface area (Å²) in [6.45, 7) is 0.956. The first-order valence-electron chi connectivity index (χ1n) is 12.4. The Morgan fingerprint density at radius 1 is 1.00 bits per heavy atom. The molecule has 3 aliphatic rings. The SMILES string of the molecule is O=C(c1cccc(Oc2cc(C(OP(=O)(N3CC3)N3CC3)C(F)(F)F)ccc2[N+](=O)[O-])c1)N1CCC(F)(F)CC1. The number of hydrogen-bond donors (Lipinski definition) is 0. The summed E-state index contributed by atoms with van der Waals surface area (Å²) in [5, 5.41) is 11.6. The molecule has 3 heterocycles. The van der Waals surface area contributed by atoms with Crippen LogP contribution in [0.3, 0.4) is 0 Å². The third-order valence-electron chi connectivity index (χ3n) is 6.68. The van der Waals surface area contributed by atoms with Crippen LogP contribution in [-0.4, -0.2) is 76.4 Å². The monoisotopic (exact) mass is 590 g/mol. The van der Waals surface area contributed by atoms with Crippen LogP contribution in [0.4, 0.5) is 27.6 Å². The van der Waals surface area contributed by atoms with Crippen LogP contribution < -0.4 is 4.74 Å². The first kappa shape index (κ1) is 28.4. The van der Waals surface area contributed by atoms with Gasteiger partial charge in [0.05, 0.1) is 4.92 Å². The highest BCUT2D eigenvalue weighted by Gasteiger charge is 2.55. The van der Waals surface area contributed by atoms with Crippen molar-refractivity contribution in [3.8, 4) is 11.5 Å². The molecule has 3 saturated heterocycles. The van der Waals surface area contributed by atoms with E-state index in [-0.39, 0.29) is 24.4 Å². The standard InChI is InChI=1S/C24H24F5N4O6P/c25-23(26)6-8-30(9-7-23)22(34)17-2-1-3-18(14-17)38-20-15-16(4-5-19(20)33(35)36)21(24(27,28)29)39-40(37,31-10-11-31)32-12-13-32/h1-5,14-15,21H,6-13H2. The molecule has 216 valence electrons. The molecule has 40 heavy (non-hydrogen) atoms. The smallest absolute Gasteiger partial charge is 0.419 e. The van der Waals surface area contributed by atoms with Crippen molar-refractivity contribution in [2.24, 2.45) is 0 Å². The number of likely N-dealkylation sites (tertiary alicyclic amines) is 1. The Kier molecular flexibility index (Phi) is 7.36. The fourth-order valence-electron chi connectivity index (χ4n) is 4.32. The third-order valence-corrected chi connectivity index (χ3v) is 9.39. The van der Waals surface area contributed by atoms with E-state index in [0.717, 1.165) is 18.2 Å². The number of alkyl halides is 5. The molecule has 0 spiro atoms. The van der Waals surface area contributed by atoms with Gasteiger partial charge in [0.2, 0.25) is 5.75 Å². The summed E-state index contributed by atoms with van der Waals surface area (Å²) in [7, 11) is -3.93. The van der Waals surface area contributed by atoms with Crippen LogP contribution in [0.15, 0.2) is 42.5 Å². The number of carbonyl (C=O) groups is 1. The number of ether oxygens (including phenoxy) is 1. The van der Waals surface area contributed by atoms with Crippen molar-refractivity contribution in [2.45, 2.75) is 31.0 Å². The molecule has 3 aliphatic heterocycles. The van der Waals surface area contributed by atoms with E-state index in [4.69, 9.17) is 9.26 Å². The summed E-state index contributed by atoms with van der Waals surface area (Å²) in [6, 6.07) is 7.84. The Balaban J connectivity index is 1.42. The first-order chi connectivity index (χ1) is 18.8. The predicted molar refractivity (Wildman–Crippen MR) is 130 cm³/mol. The Morgan fingerprint density at radius 2 is 1.62 bits per heavy atom. The van der Waals surface area contributed by atoms with Gasteiger partial charge in [0.15, 0.2) is 6.10 Å². The third kappa shape index (κ3) is 6.12. The predicted octanol–water partition coefficient (Wildman–Crippen LogP) is 5.62. The molecule has 1 unspecified atom stereocenters. The van der Waals surface area contributed by atoms with Crippen LogP contribution in [0.1, 0.15) is 34.9 Å². The number of carbonyl (C=O) groups excluding carboxylic acids is 1. The van der Waals surface area contributed by atoms with Crippen LogP contribution in [-0.2, 0) is 9.09 Å². The van der Waals surface area contributed by atoms with Gasteiger partial charge in [0.1, 0.15) is 5.75 Å². The summed E-state index contributed by atoms with van der Waals surface area (Å²) in [6.07, 6.45) is -8.64. The number of benzene rings is 2. The molecule has 1 amide bonds. The summed E-state index contributed by atoms with van der Waals surface area (Å²) in [4.78, 5) is 24.9. The fourth-order valence-corrected chi connectivity index (χ4v) is 6.65.